The summed E-state index contributed by atoms with van der Waals surface area (Å²) in [7, 11) is 0. The number of nitrogens with one attached hydrogen (secondary N) is 1. The molecule has 0 aliphatic carbocycles. The zero-order chi connectivity index (χ0) is 9.26. The van der Waals surface area contributed by atoms with Crippen molar-refractivity contribution in [3.63, 3.8) is 0 Å². The summed E-state index contributed by atoms with van der Waals surface area (Å²) in [6.45, 7) is 2.04. The maximum Gasteiger partial charge on any atom is 0.206 e. The summed E-state index contributed by atoms with van der Waals surface area (Å²) < 4.78 is 1.89. The molecule has 2 aromatic heterocycles. The van der Waals surface area contributed by atoms with Crippen LogP contribution < -0.4 is 4.57 Å². The van der Waals surface area contributed by atoms with Crippen molar-refractivity contribution in [2.24, 2.45) is 0 Å². The van der Waals surface area contributed by atoms with Crippen LogP contribution in [0.25, 0.3) is 10.9 Å². The smallest absolute Gasteiger partial charge is 0.206 e. The predicted molar refractivity (Wildman–Crippen MR) is 49.2 cm³/mol. The van der Waals surface area contributed by atoms with Gasteiger partial charge in [0.25, 0.3) is 0 Å². The fourth-order valence-electron chi connectivity index (χ4n) is 1.40. The van der Waals surface area contributed by atoms with Gasteiger partial charge in [0, 0.05) is 19.2 Å². The van der Waals surface area contributed by atoms with Crippen LogP contribution in [0.1, 0.15) is 6.92 Å². The number of aromatic amines is 1. The zero-order valence-corrected chi connectivity index (χ0v) is 7.45. The second kappa shape index (κ2) is 3.01. The van der Waals surface area contributed by atoms with Crippen molar-refractivity contribution in [3.05, 3.63) is 30.7 Å². The first-order valence-corrected chi connectivity index (χ1v) is 4.21. The Morgan fingerprint density at radius 3 is 3.15 bits per heavy atom. The lowest BCUT2D eigenvalue weighted by molar-refractivity contribution is -0.682. The SMILES string of the molecule is CC(=O)C[n+]1ccc2[nH]ccc2c1. The standard InChI is InChI=1S/C10H10N2O/c1-8(13)6-12-5-3-10-9(7-12)2-4-11-10/h2-5,7H,6H2,1H3/p+1. The lowest BCUT2D eigenvalue weighted by atomic mass is 10.3. The number of nitrogens with zero attached hydrogens (tertiary/aromatic N) is 1. The summed E-state index contributed by atoms with van der Waals surface area (Å²) in [6, 6.07) is 3.96. The van der Waals surface area contributed by atoms with E-state index >= 15 is 0 Å². The Morgan fingerprint density at radius 2 is 2.38 bits per heavy atom. The third-order valence-electron chi connectivity index (χ3n) is 1.96. The third kappa shape index (κ3) is 1.59. The molecule has 0 bridgehead atoms. The predicted octanol–water partition coefficient (Wildman–Crippen LogP) is 1.04. The lowest BCUT2D eigenvalue weighted by Crippen LogP contribution is -2.35. The van der Waals surface area contributed by atoms with Crippen molar-refractivity contribution >= 4 is 16.7 Å². The molecule has 0 aliphatic heterocycles. The first-order chi connectivity index (χ1) is 6.25. The molecule has 0 unspecified atom stereocenters. The van der Waals surface area contributed by atoms with Crippen molar-refractivity contribution < 1.29 is 9.36 Å². The van der Waals surface area contributed by atoms with Crippen molar-refractivity contribution in [2.75, 3.05) is 0 Å². The molecule has 0 saturated carbocycles. The number of carbonyl (C=O) groups is 1. The van der Waals surface area contributed by atoms with E-state index in [1.807, 2.05) is 35.3 Å². The highest BCUT2D eigenvalue weighted by molar-refractivity contribution is 5.77. The first kappa shape index (κ1) is 7.98. The van der Waals surface area contributed by atoms with E-state index in [2.05, 4.69) is 4.98 Å². The van der Waals surface area contributed by atoms with Crippen molar-refractivity contribution in [1.82, 2.24) is 4.98 Å². The van der Waals surface area contributed by atoms with E-state index in [1.54, 1.807) is 6.92 Å². The van der Waals surface area contributed by atoms with Gasteiger partial charge >= 0.3 is 0 Å². The minimum atomic E-state index is 0.167. The summed E-state index contributed by atoms with van der Waals surface area (Å²) in [5.41, 5.74) is 1.10. The molecular weight excluding hydrogens is 164 g/mol. The van der Waals surface area contributed by atoms with E-state index in [9.17, 15) is 4.79 Å². The molecule has 0 aliphatic rings. The maximum atomic E-state index is 10.9. The van der Waals surface area contributed by atoms with Gasteiger partial charge in [0.1, 0.15) is 0 Å². The monoisotopic (exact) mass is 175 g/mol. The lowest BCUT2D eigenvalue weighted by Gasteiger charge is -1.92. The molecule has 2 aromatic rings. The highest BCUT2D eigenvalue weighted by Gasteiger charge is 2.05. The van der Waals surface area contributed by atoms with Gasteiger partial charge in [-0.05, 0) is 6.07 Å². The second-order valence-corrected chi connectivity index (χ2v) is 3.17. The minimum absolute atomic E-state index is 0.167. The Kier molecular flexibility index (Phi) is 1.85. The van der Waals surface area contributed by atoms with Gasteiger partial charge < -0.3 is 4.98 Å². The highest BCUT2D eigenvalue weighted by atomic mass is 16.1. The van der Waals surface area contributed by atoms with E-state index in [0.29, 0.717) is 6.54 Å². The number of carbonyl (C=O) groups excluding carboxylic acids is 1. The number of fused-ring (bicyclic) bond motifs is 1. The molecule has 0 amide bonds. The first-order valence-electron chi connectivity index (χ1n) is 4.21. The van der Waals surface area contributed by atoms with Crippen molar-refractivity contribution in [3.8, 4) is 0 Å². The van der Waals surface area contributed by atoms with Gasteiger partial charge in [-0.1, -0.05) is 0 Å². The number of aromatic nitrogens is 2. The van der Waals surface area contributed by atoms with Crippen LogP contribution >= 0.6 is 0 Å². The number of ketones is 1. The Morgan fingerprint density at radius 1 is 1.54 bits per heavy atom. The van der Waals surface area contributed by atoms with Crippen LogP contribution in [0.4, 0.5) is 0 Å². The fraction of sp³-hybridized carbons (Fsp3) is 0.200. The van der Waals surface area contributed by atoms with E-state index in [0.717, 1.165) is 10.9 Å². The summed E-state index contributed by atoms with van der Waals surface area (Å²) in [6.07, 6.45) is 5.76. The third-order valence-corrected chi connectivity index (χ3v) is 1.96. The molecule has 0 radical (unpaired) electrons. The summed E-state index contributed by atoms with van der Waals surface area (Å²) in [4.78, 5) is 14.0. The van der Waals surface area contributed by atoms with Gasteiger partial charge in [0.05, 0.1) is 10.9 Å². The molecule has 0 atom stereocenters. The Bertz CT molecular complexity index is 445. The van der Waals surface area contributed by atoms with Crippen LogP contribution in [0, 0.1) is 0 Å². The number of H-pyrrole nitrogens is 1. The molecule has 0 spiro atoms. The average molecular weight is 175 g/mol. The molecular formula is C10H11N2O+. The zero-order valence-electron chi connectivity index (χ0n) is 7.45. The van der Waals surface area contributed by atoms with Gasteiger partial charge in [-0.25, -0.2) is 0 Å². The Labute approximate surface area is 76.0 Å². The molecule has 66 valence electrons. The summed E-state index contributed by atoms with van der Waals surface area (Å²) in [5, 5.41) is 1.13. The van der Waals surface area contributed by atoms with Crippen LogP contribution in [0.5, 0.6) is 0 Å². The van der Waals surface area contributed by atoms with Gasteiger partial charge in [-0.3, -0.25) is 4.79 Å². The topological polar surface area (TPSA) is 36.7 Å². The quantitative estimate of drug-likeness (QED) is 0.680. The van der Waals surface area contributed by atoms with Crippen LogP contribution in [-0.4, -0.2) is 10.8 Å². The number of rotatable bonds is 2. The fourth-order valence-corrected chi connectivity index (χ4v) is 1.40. The molecule has 2 heterocycles. The number of hydrogen-bond acceptors (Lipinski definition) is 1. The molecule has 3 nitrogen and oxygen atoms in total. The van der Waals surface area contributed by atoms with Crippen LogP contribution in [0.3, 0.4) is 0 Å². The summed E-state index contributed by atoms with van der Waals surface area (Å²) >= 11 is 0. The number of pyridine rings is 1. The van der Waals surface area contributed by atoms with Crippen LogP contribution in [-0.2, 0) is 11.3 Å². The van der Waals surface area contributed by atoms with Gasteiger partial charge in [0.15, 0.2) is 18.2 Å². The average Bonchev–Trinajstić information content (AvgIpc) is 2.49. The number of hydrogen-bond donors (Lipinski definition) is 1. The van der Waals surface area contributed by atoms with E-state index in [1.165, 1.54) is 0 Å². The molecule has 1 N–H and O–H groups in total. The van der Waals surface area contributed by atoms with E-state index in [4.69, 9.17) is 0 Å². The number of Topliss-reactive ketones (excluding diaryl/α,β-unsaturated/α-hetero) is 1. The van der Waals surface area contributed by atoms with Crippen LogP contribution in [0.15, 0.2) is 30.7 Å². The molecule has 2 rings (SSSR count). The van der Waals surface area contributed by atoms with E-state index in [-0.39, 0.29) is 5.78 Å². The molecule has 13 heavy (non-hydrogen) atoms. The summed E-state index contributed by atoms with van der Waals surface area (Å²) in [5.74, 6) is 0.167. The van der Waals surface area contributed by atoms with Gasteiger partial charge in [-0.15, -0.1) is 0 Å². The Balaban J connectivity index is 2.42. The molecule has 0 aromatic carbocycles. The van der Waals surface area contributed by atoms with Crippen LogP contribution in [0.2, 0.25) is 0 Å². The maximum absolute atomic E-state index is 10.9. The molecule has 3 heteroatoms. The van der Waals surface area contributed by atoms with Gasteiger partial charge in [0.2, 0.25) is 6.54 Å². The minimum Gasteiger partial charge on any atom is -0.361 e. The van der Waals surface area contributed by atoms with Crippen molar-refractivity contribution in [2.45, 2.75) is 13.5 Å². The van der Waals surface area contributed by atoms with E-state index < -0.39 is 0 Å². The molecule has 0 saturated heterocycles. The van der Waals surface area contributed by atoms with Crippen molar-refractivity contribution in [1.29, 1.82) is 0 Å². The Hall–Kier alpha value is -1.64. The second-order valence-electron chi connectivity index (χ2n) is 3.17. The highest BCUT2D eigenvalue weighted by Crippen LogP contribution is 2.06. The van der Waals surface area contributed by atoms with Gasteiger partial charge in [-0.2, -0.15) is 4.57 Å². The molecule has 0 fully saturated rings. The normalized spacial score (nSPS) is 10.5. The largest absolute Gasteiger partial charge is 0.361 e.